The van der Waals surface area contributed by atoms with Gasteiger partial charge in [0.15, 0.2) is 0 Å². The molecule has 2 N–H and O–H groups in total. The number of carbonyl (C=O) groups excluding carboxylic acids is 1. The molecule has 5 nitrogen and oxygen atoms in total. The Labute approximate surface area is 136 Å². The van der Waals surface area contributed by atoms with Crippen molar-refractivity contribution >= 4 is 29.9 Å². The van der Waals surface area contributed by atoms with Gasteiger partial charge in [-0.15, -0.1) is 12.4 Å². The van der Waals surface area contributed by atoms with Crippen LogP contribution in [0, 0.1) is 0 Å². The maximum atomic E-state index is 12.1. The number of esters is 1. The van der Waals surface area contributed by atoms with Gasteiger partial charge in [0.2, 0.25) is 0 Å². The quantitative estimate of drug-likeness (QED) is 0.856. The fourth-order valence-corrected chi connectivity index (χ4v) is 2.23. The highest BCUT2D eigenvalue weighted by Crippen LogP contribution is 2.23. The molecular weight excluding hydrogens is 302 g/mol. The van der Waals surface area contributed by atoms with Crippen molar-refractivity contribution in [2.75, 3.05) is 24.8 Å². The van der Waals surface area contributed by atoms with Crippen LogP contribution in [-0.2, 0) is 16.0 Å². The third-order valence-electron chi connectivity index (χ3n) is 3.41. The van der Waals surface area contributed by atoms with Crippen LogP contribution in [-0.4, -0.2) is 31.2 Å². The number of hydrogen-bond acceptors (Lipinski definition) is 5. The summed E-state index contributed by atoms with van der Waals surface area (Å²) in [7, 11) is 3.21. The first kappa shape index (κ1) is 17.8. The fraction of sp³-hybridized carbons (Fsp3) is 0.250. The number of nitrogens with zero attached hydrogens (tertiary/aromatic N) is 2. The lowest BCUT2D eigenvalue weighted by molar-refractivity contribution is -0.142. The van der Waals surface area contributed by atoms with Gasteiger partial charge in [-0.1, -0.05) is 30.3 Å². The van der Waals surface area contributed by atoms with Crippen molar-refractivity contribution in [1.29, 1.82) is 0 Å². The molecule has 0 saturated heterocycles. The minimum absolute atomic E-state index is 0. The first-order valence-electron chi connectivity index (χ1n) is 6.68. The van der Waals surface area contributed by atoms with Crippen LogP contribution >= 0.6 is 12.4 Å². The van der Waals surface area contributed by atoms with E-state index in [1.165, 1.54) is 7.11 Å². The number of hydrogen-bond donors (Lipinski definition) is 1. The van der Waals surface area contributed by atoms with Crippen molar-refractivity contribution in [3.8, 4) is 0 Å². The van der Waals surface area contributed by atoms with Gasteiger partial charge in [-0.3, -0.25) is 0 Å². The predicted molar refractivity (Wildman–Crippen MR) is 90.3 cm³/mol. The van der Waals surface area contributed by atoms with Crippen molar-refractivity contribution in [3.63, 3.8) is 0 Å². The number of pyridine rings is 1. The van der Waals surface area contributed by atoms with Gasteiger partial charge in [0.05, 0.1) is 12.8 Å². The predicted octanol–water partition coefficient (Wildman–Crippen LogP) is 2.31. The van der Waals surface area contributed by atoms with Crippen LogP contribution < -0.4 is 10.6 Å². The molecule has 1 heterocycles. The van der Waals surface area contributed by atoms with Crippen LogP contribution in [0.3, 0.4) is 0 Å². The number of rotatable bonds is 5. The molecule has 0 aliphatic rings. The number of aromatic nitrogens is 1. The first-order chi connectivity index (χ1) is 10.1. The van der Waals surface area contributed by atoms with Gasteiger partial charge in [-0.2, -0.15) is 0 Å². The van der Waals surface area contributed by atoms with Gasteiger partial charge in [0.25, 0.3) is 0 Å². The Hall–Kier alpha value is -2.27. The van der Waals surface area contributed by atoms with E-state index >= 15 is 0 Å². The lowest BCUT2D eigenvalue weighted by Crippen LogP contribution is -2.41. The zero-order valence-corrected chi connectivity index (χ0v) is 13.4. The number of ether oxygens (including phenoxy) is 1. The van der Waals surface area contributed by atoms with Gasteiger partial charge < -0.3 is 15.4 Å². The third-order valence-corrected chi connectivity index (χ3v) is 3.41. The third kappa shape index (κ3) is 4.11. The molecule has 118 valence electrons. The maximum absolute atomic E-state index is 12.1. The average Bonchev–Trinajstić information content (AvgIpc) is 2.53. The second-order valence-corrected chi connectivity index (χ2v) is 4.75. The summed E-state index contributed by atoms with van der Waals surface area (Å²) in [5.74, 6) is 0.0894. The fourth-order valence-electron chi connectivity index (χ4n) is 2.23. The summed E-state index contributed by atoms with van der Waals surface area (Å²) < 4.78 is 4.93. The van der Waals surface area contributed by atoms with Crippen molar-refractivity contribution in [1.82, 2.24) is 4.98 Å². The molecule has 0 aliphatic heterocycles. The Morgan fingerprint density at radius 2 is 1.95 bits per heavy atom. The Bertz CT molecular complexity index is 607. The first-order valence-corrected chi connectivity index (χ1v) is 6.68. The van der Waals surface area contributed by atoms with Crippen molar-refractivity contribution in [2.45, 2.75) is 12.5 Å². The summed E-state index contributed by atoms with van der Waals surface area (Å²) in [4.78, 5) is 18.0. The van der Waals surface area contributed by atoms with Crippen LogP contribution in [0.15, 0.2) is 48.7 Å². The van der Waals surface area contributed by atoms with Crippen LogP contribution in [0.4, 0.5) is 11.5 Å². The second kappa shape index (κ2) is 8.24. The molecule has 6 heteroatoms. The molecule has 1 atom stereocenters. The molecule has 0 fully saturated rings. The molecule has 0 amide bonds. The second-order valence-electron chi connectivity index (χ2n) is 4.75. The zero-order chi connectivity index (χ0) is 15.2. The Morgan fingerprint density at radius 1 is 1.27 bits per heavy atom. The molecular formula is C16H20ClN3O2. The molecule has 2 aromatic rings. The summed E-state index contributed by atoms with van der Waals surface area (Å²) in [5, 5.41) is 0. The summed E-state index contributed by atoms with van der Waals surface area (Å²) in [6.07, 6.45) is 2.16. The minimum atomic E-state index is -0.455. The molecule has 1 unspecified atom stereocenters. The summed E-state index contributed by atoms with van der Waals surface area (Å²) in [6, 6.07) is 13.0. The highest BCUT2D eigenvalue weighted by molar-refractivity contribution is 5.85. The van der Waals surface area contributed by atoms with Gasteiger partial charge in [-0.05, 0) is 17.7 Å². The maximum Gasteiger partial charge on any atom is 0.328 e. The Morgan fingerprint density at radius 3 is 2.55 bits per heavy atom. The number of methoxy groups -OCH3 is 1. The van der Waals surface area contributed by atoms with E-state index in [0.717, 1.165) is 5.56 Å². The Balaban J connectivity index is 0.00000242. The number of nitrogen functional groups attached to an aromatic ring is 1. The van der Waals surface area contributed by atoms with Crippen molar-refractivity contribution < 1.29 is 9.53 Å². The molecule has 0 spiro atoms. The van der Waals surface area contributed by atoms with Crippen molar-refractivity contribution in [3.05, 3.63) is 54.2 Å². The van der Waals surface area contributed by atoms with Crippen molar-refractivity contribution in [2.24, 2.45) is 0 Å². The molecule has 0 bridgehead atoms. The van der Waals surface area contributed by atoms with Crippen LogP contribution in [0.25, 0.3) is 0 Å². The molecule has 0 radical (unpaired) electrons. The van der Waals surface area contributed by atoms with E-state index < -0.39 is 6.04 Å². The highest BCUT2D eigenvalue weighted by Gasteiger charge is 2.26. The van der Waals surface area contributed by atoms with E-state index in [9.17, 15) is 4.79 Å². The molecule has 0 aliphatic carbocycles. The van der Waals surface area contributed by atoms with E-state index in [0.29, 0.717) is 17.9 Å². The summed E-state index contributed by atoms with van der Waals surface area (Å²) in [5.41, 5.74) is 7.66. The topological polar surface area (TPSA) is 68.5 Å². The van der Waals surface area contributed by atoms with Crippen LogP contribution in [0.2, 0.25) is 0 Å². The van der Waals surface area contributed by atoms with Gasteiger partial charge in [-0.25, -0.2) is 9.78 Å². The zero-order valence-electron chi connectivity index (χ0n) is 12.6. The normalized spacial score (nSPS) is 11.2. The average molecular weight is 322 g/mol. The molecule has 1 aromatic heterocycles. The number of halogens is 1. The molecule has 22 heavy (non-hydrogen) atoms. The summed E-state index contributed by atoms with van der Waals surface area (Å²) >= 11 is 0. The number of carbonyl (C=O) groups is 1. The minimum Gasteiger partial charge on any atom is -0.467 e. The van der Waals surface area contributed by atoms with E-state index in [1.54, 1.807) is 17.2 Å². The molecule has 1 aromatic carbocycles. The Kier molecular flexibility index (Phi) is 6.66. The number of benzene rings is 1. The van der Waals surface area contributed by atoms with Crippen LogP contribution in [0.5, 0.6) is 0 Å². The standard InChI is InChI=1S/C16H19N3O2.ClH/c1-19(13-9-6-10-18-15(13)17)14(16(20)21-2)11-12-7-4-3-5-8-12;/h3-10,14H,11H2,1-2H3,(H2,17,18);1H. The van der Waals surface area contributed by atoms with E-state index in [-0.39, 0.29) is 18.4 Å². The SMILES string of the molecule is COC(=O)C(Cc1ccccc1)N(C)c1cccnc1N.Cl. The van der Waals surface area contributed by atoms with E-state index in [2.05, 4.69) is 4.98 Å². The lowest BCUT2D eigenvalue weighted by Gasteiger charge is -2.28. The lowest BCUT2D eigenvalue weighted by atomic mass is 10.0. The van der Waals surface area contributed by atoms with Gasteiger partial charge in [0, 0.05) is 19.7 Å². The summed E-state index contributed by atoms with van der Waals surface area (Å²) in [6.45, 7) is 0. The van der Waals surface area contributed by atoms with Gasteiger partial charge in [0.1, 0.15) is 11.9 Å². The smallest absolute Gasteiger partial charge is 0.328 e. The number of anilines is 2. The number of nitrogens with two attached hydrogens (primary N) is 1. The number of likely N-dealkylation sites (N-methyl/N-ethyl adjacent to an activating group) is 1. The highest BCUT2D eigenvalue weighted by atomic mass is 35.5. The van der Waals surface area contributed by atoms with Crippen LogP contribution in [0.1, 0.15) is 5.56 Å². The monoisotopic (exact) mass is 321 g/mol. The van der Waals surface area contributed by atoms with E-state index in [4.69, 9.17) is 10.5 Å². The van der Waals surface area contributed by atoms with Gasteiger partial charge >= 0.3 is 5.97 Å². The molecule has 2 rings (SSSR count). The largest absolute Gasteiger partial charge is 0.467 e. The van der Waals surface area contributed by atoms with E-state index in [1.807, 2.05) is 43.4 Å². The molecule has 0 saturated carbocycles.